The third-order valence-corrected chi connectivity index (χ3v) is 2.94. The number of rotatable bonds is 3. The lowest BCUT2D eigenvalue weighted by Crippen LogP contribution is -2.07. The van der Waals surface area contributed by atoms with E-state index in [-0.39, 0.29) is 11.7 Å². The zero-order valence-electron chi connectivity index (χ0n) is 9.94. The van der Waals surface area contributed by atoms with Crippen LogP contribution in [-0.4, -0.2) is 5.91 Å². The molecule has 0 bridgehead atoms. The summed E-state index contributed by atoms with van der Waals surface area (Å²) in [6.07, 6.45) is 3.15. The molecule has 0 radical (unpaired) electrons. The van der Waals surface area contributed by atoms with E-state index in [1.807, 2.05) is 24.3 Å². The van der Waals surface area contributed by atoms with Gasteiger partial charge >= 0.3 is 0 Å². The normalized spacial score (nSPS) is 10.6. The van der Waals surface area contributed by atoms with Crippen molar-refractivity contribution in [1.82, 2.24) is 0 Å². The van der Waals surface area contributed by atoms with E-state index in [9.17, 15) is 9.18 Å². The van der Waals surface area contributed by atoms with E-state index in [0.29, 0.717) is 5.69 Å². The Bertz CT molecular complexity index is 591. The summed E-state index contributed by atoms with van der Waals surface area (Å²) < 4.78 is 13.7. The SMILES string of the molecule is O=C(/C=C/c1ccc(Br)cc1)Nc1ccc(F)cc1. The van der Waals surface area contributed by atoms with Gasteiger partial charge in [-0.3, -0.25) is 4.79 Å². The minimum absolute atomic E-state index is 0.255. The van der Waals surface area contributed by atoms with Crippen molar-refractivity contribution in [3.63, 3.8) is 0 Å². The van der Waals surface area contributed by atoms with E-state index in [1.54, 1.807) is 6.08 Å². The Morgan fingerprint density at radius 1 is 1.05 bits per heavy atom. The standard InChI is InChI=1S/C15H11BrFNO/c16-12-4-1-11(2-5-12)3-10-15(19)18-14-8-6-13(17)7-9-14/h1-10H,(H,18,19)/b10-3+. The molecule has 0 heterocycles. The molecule has 19 heavy (non-hydrogen) atoms. The molecular formula is C15H11BrFNO. The van der Waals surface area contributed by atoms with E-state index < -0.39 is 0 Å². The second-order valence-electron chi connectivity index (χ2n) is 3.88. The first-order chi connectivity index (χ1) is 9.13. The topological polar surface area (TPSA) is 29.1 Å². The summed E-state index contributed by atoms with van der Waals surface area (Å²) in [6, 6.07) is 13.2. The van der Waals surface area contributed by atoms with Gasteiger partial charge in [0.25, 0.3) is 0 Å². The Labute approximate surface area is 119 Å². The van der Waals surface area contributed by atoms with Crippen molar-refractivity contribution < 1.29 is 9.18 Å². The summed E-state index contributed by atoms with van der Waals surface area (Å²) in [5.74, 6) is -0.585. The van der Waals surface area contributed by atoms with Crippen LogP contribution in [0.15, 0.2) is 59.1 Å². The molecule has 2 aromatic carbocycles. The summed E-state index contributed by atoms with van der Waals surface area (Å²) in [4.78, 5) is 11.6. The van der Waals surface area contributed by atoms with Crippen LogP contribution in [0.4, 0.5) is 10.1 Å². The first kappa shape index (κ1) is 13.5. The zero-order valence-corrected chi connectivity index (χ0v) is 11.5. The number of hydrogen-bond donors (Lipinski definition) is 1. The smallest absolute Gasteiger partial charge is 0.248 e. The summed E-state index contributed by atoms with van der Waals surface area (Å²) >= 11 is 3.34. The lowest BCUT2D eigenvalue weighted by molar-refractivity contribution is -0.111. The fourth-order valence-electron chi connectivity index (χ4n) is 1.46. The number of hydrogen-bond acceptors (Lipinski definition) is 1. The van der Waals surface area contributed by atoms with Gasteiger partial charge in [0.15, 0.2) is 0 Å². The first-order valence-electron chi connectivity index (χ1n) is 5.64. The summed E-state index contributed by atoms with van der Waals surface area (Å²) in [7, 11) is 0. The molecule has 2 nitrogen and oxygen atoms in total. The monoisotopic (exact) mass is 319 g/mol. The van der Waals surface area contributed by atoms with Gasteiger partial charge in [-0.25, -0.2) is 4.39 Å². The second kappa shape index (κ2) is 6.29. The molecule has 0 saturated heterocycles. The third-order valence-electron chi connectivity index (χ3n) is 2.41. The molecule has 2 rings (SSSR count). The number of amides is 1. The average Bonchev–Trinajstić information content (AvgIpc) is 2.41. The van der Waals surface area contributed by atoms with Crippen molar-refractivity contribution in [3.05, 3.63) is 70.5 Å². The van der Waals surface area contributed by atoms with Crippen LogP contribution in [0.2, 0.25) is 0 Å². The first-order valence-corrected chi connectivity index (χ1v) is 6.43. The fourth-order valence-corrected chi connectivity index (χ4v) is 1.73. The van der Waals surface area contributed by atoms with Gasteiger partial charge in [-0.05, 0) is 48.0 Å². The fraction of sp³-hybridized carbons (Fsp3) is 0. The van der Waals surface area contributed by atoms with E-state index in [0.717, 1.165) is 10.0 Å². The molecule has 1 N–H and O–H groups in total. The lowest BCUT2D eigenvalue weighted by atomic mass is 10.2. The second-order valence-corrected chi connectivity index (χ2v) is 4.80. The van der Waals surface area contributed by atoms with Crippen LogP contribution >= 0.6 is 15.9 Å². The molecule has 0 unspecified atom stereocenters. The van der Waals surface area contributed by atoms with Crippen LogP contribution in [-0.2, 0) is 4.79 Å². The van der Waals surface area contributed by atoms with Crippen molar-refractivity contribution in [2.75, 3.05) is 5.32 Å². The van der Waals surface area contributed by atoms with Crippen LogP contribution in [0.5, 0.6) is 0 Å². The molecule has 0 saturated carbocycles. The number of carbonyl (C=O) groups excluding carboxylic acids is 1. The Balaban J connectivity index is 1.97. The zero-order chi connectivity index (χ0) is 13.7. The molecule has 0 aromatic heterocycles. The number of benzene rings is 2. The number of carbonyl (C=O) groups is 1. The van der Waals surface area contributed by atoms with Gasteiger partial charge in [0.1, 0.15) is 5.82 Å². The van der Waals surface area contributed by atoms with Crippen molar-refractivity contribution in [2.24, 2.45) is 0 Å². The van der Waals surface area contributed by atoms with E-state index in [1.165, 1.54) is 30.3 Å². The molecule has 1 amide bonds. The van der Waals surface area contributed by atoms with E-state index in [4.69, 9.17) is 0 Å². The molecule has 0 spiro atoms. The quantitative estimate of drug-likeness (QED) is 0.842. The molecule has 96 valence electrons. The van der Waals surface area contributed by atoms with Gasteiger partial charge in [0.05, 0.1) is 0 Å². The number of halogens is 2. The Morgan fingerprint density at radius 2 is 1.68 bits per heavy atom. The predicted molar refractivity (Wildman–Crippen MR) is 78.2 cm³/mol. The van der Waals surface area contributed by atoms with E-state index in [2.05, 4.69) is 21.2 Å². The van der Waals surface area contributed by atoms with Gasteiger partial charge in [-0.15, -0.1) is 0 Å². The highest BCUT2D eigenvalue weighted by Crippen LogP contribution is 2.12. The maximum absolute atomic E-state index is 12.7. The molecule has 0 aliphatic carbocycles. The van der Waals surface area contributed by atoms with Crippen molar-refractivity contribution in [2.45, 2.75) is 0 Å². The number of nitrogens with one attached hydrogen (secondary N) is 1. The van der Waals surface area contributed by atoms with Gasteiger partial charge < -0.3 is 5.32 Å². The highest BCUT2D eigenvalue weighted by Gasteiger charge is 1.98. The Morgan fingerprint density at radius 3 is 2.32 bits per heavy atom. The maximum atomic E-state index is 12.7. The van der Waals surface area contributed by atoms with Crippen LogP contribution in [0, 0.1) is 5.82 Å². The third kappa shape index (κ3) is 4.34. The van der Waals surface area contributed by atoms with Crippen molar-refractivity contribution in [3.8, 4) is 0 Å². The molecular weight excluding hydrogens is 309 g/mol. The van der Waals surface area contributed by atoms with Crippen molar-refractivity contribution >= 4 is 33.6 Å². The van der Waals surface area contributed by atoms with Crippen molar-refractivity contribution in [1.29, 1.82) is 0 Å². The maximum Gasteiger partial charge on any atom is 0.248 e. The van der Waals surface area contributed by atoms with Gasteiger partial charge in [0, 0.05) is 16.2 Å². The molecule has 0 atom stereocenters. The molecule has 0 fully saturated rings. The molecule has 4 heteroatoms. The minimum Gasteiger partial charge on any atom is -0.323 e. The van der Waals surface area contributed by atoms with Crippen LogP contribution in [0.25, 0.3) is 6.08 Å². The van der Waals surface area contributed by atoms with Gasteiger partial charge in [0.2, 0.25) is 5.91 Å². The Hall–Kier alpha value is -1.94. The lowest BCUT2D eigenvalue weighted by Gasteiger charge is -2.01. The average molecular weight is 320 g/mol. The van der Waals surface area contributed by atoms with Crippen LogP contribution in [0.3, 0.4) is 0 Å². The highest BCUT2D eigenvalue weighted by molar-refractivity contribution is 9.10. The minimum atomic E-state index is -0.330. The molecule has 0 aliphatic heterocycles. The van der Waals surface area contributed by atoms with Gasteiger partial charge in [-0.1, -0.05) is 28.1 Å². The largest absolute Gasteiger partial charge is 0.323 e. The van der Waals surface area contributed by atoms with E-state index >= 15 is 0 Å². The number of anilines is 1. The summed E-state index contributed by atoms with van der Waals surface area (Å²) in [6.45, 7) is 0. The summed E-state index contributed by atoms with van der Waals surface area (Å²) in [5, 5.41) is 2.65. The Kier molecular flexibility index (Phi) is 4.47. The summed E-state index contributed by atoms with van der Waals surface area (Å²) in [5.41, 5.74) is 1.49. The highest BCUT2D eigenvalue weighted by atomic mass is 79.9. The van der Waals surface area contributed by atoms with Crippen LogP contribution in [0.1, 0.15) is 5.56 Å². The predicted octanol–water partition coefficient (Wildman–Crippen LogP) is 4.24. The van der Waals surface area contributed by atoms with Gasteiger partial charge in [-0.2, -0.15) is 0 Å². The molecule has 2 aromatic rings. The van der Waals surface area contributed by atoms with Crippen LogP contribution < -0.4 is 5.32 Å². The molecule has 0 aliphatic rings.